The van der Waals surface area contributed by atoms with Crippen LogP contribution in [0.5, 0.6) is 0 Å². The third kappa shape index (κ3) is 4.18. The number of likely N-dealkylation sites (tertiary alicyclic amines) is 1. The summed E-state index contributed by atoms with van der Waals surface area (Å²) in [6.07, 6.45) is 1.68. The fourth-order valence-electron chi connectivity index (χ4n) is 3.98. The lowest BCUT2D eigenvalue weighted by molar-refractivity contribution is -0.123. The monoisotopic (exact) mass is 411 g/mol. The van der Waals surface area contributed by atoms with Crippen molar-refractivity contribution in [2.75, 3.05) is 18.0 Å². The lowest BCUT2D eigenvalue weighted by Gasteiger charge is -2.35. The molecule has 2 aromatic rings. The molecule has 0 unspecified atom stereocenters. The van der Waals surface area contributed by atoms with E-state index < -0.39 is 6.04 Å². The van der Waals surface area contributed by atoms with Crippen LogP contribution in [0.15, 0.2) is 54.6 Å². The Morgan fingerprint density at radius 1 is 0.966 bits per heavy atom. The molecule has 0 aromatic heterocycles. The van der Waals surface area contributed by atoms with Crippen molar-refractivity contribution in [1.29, 1.82) is 0 Å². The van der Waals surface area contributed by atoms with Crippen LogP contribution in [-0.2, 0) is 9.59 Å². The Hall–Kier alpha value is -2.70. The summed E-state index contributed by atoms with van der Waals surface area (Å²) in [4.78, 5) is 41.0. The lowest BCUT2D eigenvalue weighted by atomic mass is 10.0. The molecule has 0 spiro atoms. The van der Waals surface area contributed by atoms with Gasteiger partial charge in [-0.25, -0.2) is 4.90 Å². The molecule has 0 radical (unpaired) electrons. The number of halogens is 1. The maximum Gasteiger partial charge on any atom is 0.251 e. The summed E-state index contributed by atoms with van der Waals surface area (Å²) in [5, 5.41) is 3.63. The largest absolute Gasteiger partial charge is 0.349 e. The molecule has 7 heteroatoms. The third-order valence-corrected chi connectivity index (χ3v) is 5.80. The summed E-state index contributed by atoms with van der Waals surface area (Å²) < 4.78 is 0. The van der Waals surface area contributed by atoms with Gasteiger partial charge in [0.1, 0.15) is 0 Å². The molecule has 2 saturated heterocycles. The van der Waals surface area contributed by atoms with Crippen LogP contribution < -0.4 is 10.2 Å². The molecule has 6 nitrogen and oxygen atoms in total. The smallest absolute Gasteiger partial charge is 0.251 e. The van der Waals surface area contributed by atoms with Gasteiger partial charge in [-0.15, -0.1) is 0 Å². The predicted octanol–water partition coefficient (Wildman–Crippen LogP) is 2.87. The number of nitrogens with one attached hydrogen (secondary N) is 1. The molecule has 0 aliphatic carbocycles. The summed E-state index contributed by atoms with van der Waals surface area (Å²) in [5.41, 5.74) is 1.20. The zero-order valence-corrected chi connectivity index (χ0v) is 16.6. The molecule has 2 fully saturated rings. The van der Waals surface area contributed by atoms with E-state index in [-0.39, 0.29) is 30.2 Å². The van der Waals surface area contributed by atoms with Gasteiger partial charge in [0.25, 0.3) is 11.8 Å². The molecule has 150 valence electrons. The molecule has 2 aliphatic heterocycles. The average Bonchev–Trinajstić information content (AvgIpc) is 3.04. The normalized spacial score (nSPS) is 20.9. The topological polar surface area (TPSA) is 69.7 Å². The van der Waals surface area contributed by atoms with E-state index in [1.54, 1.807) is 36.4 Å². The number of imide groups is 1. The van der Waals surface area contributed by atoms with Crippen molar-refractivity contribution in [3.8, 4) is 0 Å². The van der Waals surface area contributed by atoms with Gasteiger partial charge in [0.2, 0.25) is 5.91 Å². The van der Waals surface area contributed by atoms with Crippen LogP contribution in [0.4, 0.5) is 5.69 Å². The van der Waals surface area contributed by atoms with Crippen LogP contribution in [0.25, 0.3) is 0 Å². The van der Waals surface area contributed by atoms with Gasteiger partial charge in [0.05, 0.1) is 18.2 Å². The zero-order valence-electron chi connectivity index (χ0n) is 15.9. The first-order valence-corrected chi connectivity index (χ1v) is 10.1. The molecule has 4 rings (SSSR count). The van der Waals surface area contributed by atoms with Crippen LogP contribution in [0.3, 0.4) is 0 Å². The van der Waals surface area contributed by atoms with E-state index in [2.05, 4.69) is 10.2 Å². The van der Waals surface area contributed by atoms with Crippen molar-refractivity contribution in [2.45, 2.75) is 31.3 Å². The minimum absolute atomic E-state index is 0.0681. The number of hydrogen-bond donors (Lipinski definition) is 1. The van der Waals surface area contributed by atoms with Gasteiger partial charge in [0, 0.05) is 29.7 Å². The van der Waals surface area contributed by atoms with Crippen LogP contribution in [0.2, 0.25) is 5.02 Å². The van der Waals surface area contributed by atoms with Gasteiger partial charge in [-0.1, -0.05) is 29.8 Å². The maximum atomic E-state index is 12.9. The molecule has 1 N–H and O–H groups in total. The molecule has 2 aromatic carbocycles. The Kier molecular flexibility index (Phi) is 5.65. The molecule has 2 aliphatic rings. The Morgan fingerprint density at radius 2 is 1.62 bits per heavy atom. The summed E-state index contributed by atoms with van der Waals surface area (Å²) in [6.45, 7) is 1.33. The maximum absolute atomic E-state index is 12.9. The number of anilines is 1. The number of piperidine rings is 1. The minimum atomic E-state index is -0.441. The van der Waals surface area contributed by atoms with E-state index in [4.69, 9.17) is 11.6 Å². The first-order chi connectivity index (χ1) is 14.0. The molecular weight excluding hydrogens is 390 g/mol. The van der Waals surface area contributed by atoms with Crippen molar-refractivity contribution in [1.82, 2.24) is 10.2 Å². The summed E-state index contributed by atoms with van der Waals surface area (Å²) in [7, 11) is 0. The first kappa shape index (κ1) is 19.6. The SMILES string of the molecule is O=C(NC1CCN([C@@H]2CC(=O)N(c3ccc(Cl)cc3)C2=O)CC1)c1ccccc1. The number of hydrogen-bond acceptors (Lipinski definition) is 4. The number of nitrogens with zero attached hydrogens (tertiary/aromatic N) is 2. The van der Waals surface area contributed by atoms with Gasteiger partial charge in [-0.2, -0.15) is 0 Å². The fraction of sp³-hybridized carbons (Fsp3) is 0.318. The molecular formula is C22H22ClN3O3. The van der Waals surface area contributed by atoms with Gasteiger partial charge >= 0.3 is 0 Å². The Labute approximate surface area is 174 Å². The highest BCUT2D eigenvalue weighted by molar-refractivity contribution is 6.30. The van der Waals surface area contributed by atoms with E-state index in [1.165, 1.54) is 4.90 Å². The van der Waals surface area contributed by atoms with E-state index in [9.17, 15) is 14.4 Å². The standard InChI is InChI=1S/C22H22ClN3O3/c23-16-6-8-18(9-7-16)26-20(27)14-19(22(26)29)25-12-10-17(11-13-25)24-21(28)15-4-2-1-3-5-15/h1-9,17,19H,10-14H2,(H,24,28)/t19-/m1/s1. The van der Waals surface area contributed by atoms with Crippen LogP contribution in [0, 0.1) is 0 Å². The first-order valence-electron chi connectivity index (χ1n) is 9.75. The van der Waals surface area contributed by atoms with Crippen molar-refractivity contribution in [2.24, 2.45) is 0 Å². The number of benzene rings is 2. The molecule has 1 atom stereocenters. The number of carbonyl (C=O) groups is 3. The highest BCUT2D eigenvalue weighted by Crippen LogP contribution is 2.28. The zero-order chi connectivity index (χ0) is 20.4. The highest BCUT2D eigenvalue weighted by Gasteiger charge is 2.43. The van der Waals surface area contributed by atoms with Crippen LogP contribution >= 0.6 is 11.6 Å². The second-order valence-electron chi connectivity index (χ2n) is 7.41. The molecule has 0 bridgehead atoms. The molecule has 2 heterocycles. The second kappa shape index (κ2) is 8.35. The summed E-state index contributed by atoms with van der Waals surface area (Å²) in [6, 6.07) is 15.5. The van der Waals surface area contributed by atoms with Crippen molar-refractivity contribution in [3.63, 3.8) is 0 Å². The Bertz CT molecular complexity index is 909. The molecule has 0 saturated carbocycles. The molecule has 29 heavy (non-hydrogen) atoms. The Morgan fingerprint density at radius 3 is 2.28 bits per heavy atom. The predicted molar refractivity (Wildman–Crippen MR) is 111 cm³/mol. The second-order valence-corrected chi connectivity index (χ2v) is 7.85. The van der Waals surface area contributed by atoms with Gasteiger partial charge in [0.15, 0.2) is 0 Å². The van der Waals surface area contributed by atoms with E-state index in [1.807, 2.05) is 18.2 Å². The van der Waals surface area contributed by atoms with E-state index >= 15 is 0 Å². The third-order valence-electron chi connectivity index (χ3n) is 5.55. The number of carbonyl (C=O) groups excluding carboxylic acids is 3. The summed E-state index contributed by atoms with van der Waals surface area (Å²) in [5.74, 6) is -0.462. The average molecular weight is 412 g/mol. The fourth-order valence-corrected chi connectivity index (χ4v) is 4.10. The quantitative estimate of drug-likeness (QED) is 0.785. The summed E-state index contributed by atoms with van der Waals surface area (Å²) >= 11 is 5.90. The van der Waals surface area contributed by atoms with Crippen molar-refractivity contribution < 1.29 is 14.4 Å². The van der Waals surface area contributed by atoms with Crippen LogP contribution in [-0.4, -0.2) is 47.8 Å². The van der Waals surface area contributed by atoms with E-state index in [0.29, 0.717) is 29.4 Å². The van der Waals surface area contributed by atoms with Gasteiger partial charge < -0.3 is 5.32 Å². The van der Waals surface area contributed by atoms with Crippen LogP contribution in [0.1, 0.15) is 29.6 Å². The minimum Gasteiger partial charge on any atom is -0.349 e. The van der Waals surface area contributed by atoms with E-state index in [0.717, 1.165) is 12.8 Å². The van der Waals surface area contributed by atoms with Crippen molar-refractivity contribution in [3.05, 3.63) is 65.2 Å². The van der Waals surface area contributed by atoms with Gasteiger partial charge in [-0.05, 0) is 49.2 Å². The van der Waals surface area contributed by atoms with Gasteiger partial charge in [-0.3, -0.25) is 19.3 Å². The molecule has 3 amide bonds. The Balaban J connectivity index is 1.35. The lowest BCUT2D eigenvalue weighted by Crippen LogP contribution is -2.50. The number of amides is 3. The highest BCUT2D eigenvalue weighted by atomic mass is 35.5. The van der Waals surface area contributed by atoms with Crippen molar-refractivity contribution >= 4 is 35.0 Å². The number of rotatable bonds is 4.